The number of benzene rings is 3. The van der Waals surface area contributed by atoms with Crippen LogP contribution in [0.5, 0.6) is 0 Å². The molecule has 0 aliphatic carbocycles. The van der Waals surface area contributed by atoms with E-state index < -0.39 is 0 Å². The Balaban J connectivity index is 1.45. The Morgan fingerprint density at radius 2 is 1.43 bits per heavy atom. The number of hydrogen-bond acceptors (Lipinski definition) is 5. The lowest BCUT2D eigenvalue weighted by molar-refractivity contribution is -0.115. The van der Waals surface area contributed by atoms with E-state index in [1.165, 1.54) is 38.1 Å². The molecule has 1 aliphatic heterocycles. The zero-order chi connectivity index (χ0) is 28.6. The molecule has 208 valence electrons. The zero-order valence-electron chi connectivity index (χ0n) is 22.7. The average Bonchev–Trinajstić information content (AvgIpc) is 2.93. The van der Waals surface area contributed by atoms with Crippen molar-refractivity contribution in [2.45, 2.75) is 26.7 Å². The summed E-state index contributed by atoms with van der Waals surface area (Å²) >= 11 is 0. The van der Waals surface area contributed by atoms with Crippen molar-refractivity contribution in [2.75, 3.05) is 41.7 Å². The minimum Gasteiger partial charge on any atom is -0.326 e. The summed E-state index contributed by atoms with van der Waals surface area (Å²) in [7, 11) is 0. The van der Waals surface area contributed by atoms with Crippen molar-refractivity contribution in [1.82, 2.24) is 4.90 Å². The second-order valence-corrected chi connectivity index (χ2v) is 9.93. The SMILES string of the molecule is CC(=O)Nc1ccc(C(=O)N(CCN2CCC(C(=O)c3ccc(F)cc3)CC2)c2cccc(NC(C)=O)c2)cc1. The number of Topliss-reactive ketones (excluding diaryl/α,β-unsaturated/α-hetero) is 1. The van der Waals surface area contributed by atoms with Crippen LogP contribution >= 0.6 is 0 Å². The molecule has 3 aromatic carbocycles. The van der Waals surface area contributed by atoms with E-state index in [1.807, 2.05) is 6.07 Å². The van der Waals surface area contributed by atoms with Crippen LogP contribution in [0.25, 0.3) is 0 Å². The summed E-state index contributed by atoms with van der Waals surface area (Å²) in [6, 6.07) is 19.5. The van der Waals surface area contributed by atoms with Crippen molar-refractivity contribution in [3.8, 4) is 0 Å². The molecule has 3 amide bonds. The highest BCUT2D eigenvalue weighted by Crippen LogP contribution is 2.25. The van der Waals surface area contributed by atoms with Gasteiger partial charge in [0.1, 0.15) is 5.82 Å². The van der Waals surface area contributed by atoms with Gasteiger partial charge in [-0.1, -0.05) is 6.07 Å². The van der Waals surface area contributed by atoms with Gasteiger partial charge < -0.3 is 20.4 Å². The van der Waals surface area contributed by atoms with E-state index in [0.717, 1.165) is 0 Å². The quantitative estimate of drug-likeness (QED) is 0.370. The van der Waals surface area contributed by atoms with E-state index in [4.69, 9.17) is 0 Å². The van der Waals surface area contributed by atoms with Gasteiger partial charge in [0.2, 0.25) is 11.8 Å². The molecule has 1 heterocycles. The number of nitrogens with one attached hydrogen (secondary N) is 2. The fraction of sp³-hybridized carbons (Fsp3) is 0.290. The van der Waals surface area contributed by atoms with Crippen LogP contribution in [0.1, 0.15) is 47.4 Å². The first kappa shape index (κ1) is 28.6. The summed E-state index contributed by atoms with van der Waals surface area (Å²) in [6.45, 7) is 5.25. The first-order valence-electron chi connectivity index (χ1n) is 13.3. The number of amides is 3. The monoisotopic (exact) mass is 544 g/mol. The molecule has 2 N–H and O–H groups in total. The number of anilines is 3. The van der Waals surface area contributed by atoms with Gasteiger partial charge in [-0.25, -0.2) is 4.39 Å². The highest BCUT2D eigenvalue weighted by atomic mass is 19.1. The first-order valence-corrected chi connectivity index (χ1v) is 13.3. The van der Waals surface area contributed by atoms with E-state index in [2.05, 4.69) is 15.5 Å². The molecule has 1 fully saturated rings. The third-order valence-corrected chi connectivity index (χ3v) is 6.90. The molecule has 3 aromatic rings. The van der Waals surface area contributed by atoms with Gasteiger partial charge in [0.05, 0.1) is 0 Å². The van der Waals surface area contributed by atoms with Crippen molar-refractivity contribution in [3.63, 3.8) is 0 Å². The van der Waals surface area contributed by atoms with Crippen LogP contribution in [0.2, 0.25) is 0 Å². The molecule has 8 nitrogen and oxygen atoms in total. The Morgan fingerprint density at radius 3 is 2.05 bits per heavy atom. The number of carbonyl (C=O) groups excluding carboxylic acids is 4. The van der Waals surface area contributed by atoms with Crippen molar-refractivity contribution in [1.29, 1.82) is 0 Å². The summed E-state index contributed by atoms with van der Waals surface area (Å²) in [5.41, 5.74) is 2.82. The summed E-state index contributed by atoms with van der Waals surface area (Å²) in [5.74, 6) is -1.06. The van der Waals surface area contributed by atoms with Crippen LogP contribution in [0.15, 0.2) is 72.8 Å². The maximum absolute atomic E-state index is 13.7. The molecule has 0 aromatic heterocycles. The second kappa shape index (κ2) is 13.1. The lowest BCUT2D eigenvalue weighted by Gasteiger charge is -2.33. The Kier molecular flexibility index (Phi) is 9.39. The molecule has 0 bridgehead atoms. The van der Waals surface area contributed by atoms with Gasteiger partial charge in [0, 0.05) is 61.0 Å². The van der Waals surface area contributed by atoms with Crippen LogP contribution in [0, 0.1) is 11.7 Å². The summed E-state index contributed by atoms with van der Waals surface area (Å²) in [5, 5.41) is 5.46. The van der Waals surface area contributed by atoms with Gasteiger partial charge in [-0.3, -0.25) is 19.2 Å². The smallest absolute Gasteiger partial charge is 0.258 e. The van der Waals surface area contributed by atoms with E-state index in [1.54, 1.807) is 47.4 Å². The molecule has 4 rings (SSSR count). The molecule has 40 heavy (non-hydrogen) atoms. The minimum atomic E-state index is -0.364. The maximum Gasteiger partial charge on any atom is 0.258 e. The van der Waals surface area contributed by atoms with Crippen molar-refractivity contribution in [2.24, 2.45) is 5.92 Å². The molecule has 0 unspecified atom stereocenters. The Morgan fingerprint density at radius 1 is 0.825 bits per heavy atom. The molecular formula is C31H33FN4O4. The Bertz CT molecular complexity index is 1370. The van der Waals surface area contributed by atoms with Gasteiger partial charge in [-0.2, -0.15) is 0 Å². The van der Waals surface area contributed by atoms with Crippen LogP contribution in [0.3, 0.4) is 0 Å². The fourth-order valence-electron chi connectivity index (χ4n) is 4.87. The van der Waals surface area contributed by atoms with Gasteiger partial charge in [0.15, 0.2) is 5.78 Å². The lowest BCUT2D eigenvalue weighted by Crippen LogP contribution is -2.43. The highest BCUT2D eigenvalue weighted by Gasteiger charge is 2.27. The number of likely N-dealkylation sites (tertiary alicyclic amines) is 1. The fourth-order valence-corrected chi connectivity index (χ4v) is 4.87. The molecule has 1 aliphatic rings. The van der Waals surface area contributed by atoms with E-state index in [9.17, 15) is 23.6 Å². The topological polar surface area (TPSA) is 98.8 Å². The highest BCUT2D eigenvalue weighted by molar-refractivity contribution is 6.07. The minimum absolute atomic E-state index is 0.0361. The van der Waals surface area contributed by atoms with Crippen LogP contribution in [-0.2, 0) is 9.59 Å². The maximum atomic E-state index is 13.7. The Labute approximate surface area is 233 Å². The van der Waals surface area contributed by atoms with Gasteiger partial charge in [-0.05, 0) is 92.7 Å². The van der Waals surface area contributed by atoms with E-state index >= 15 is 0 Å². The largest absolute Gasteiger partial charge is 0.326 e. The summed E-state index contributed by atoms with van der Waals surface area (Å²) < 4.78 is 13.2. The number of hydrogen-bond donors (Lipinski definition) is 2. The molecule has 0 atom stereocenters. The zero-order valence-corrected chi connectivity index (χ0v) is 22.7. The van der Waals surface area contributed by atoms with Crippen LogP contribution < -0.4 is 15.5 Å². The number of carbonyl (C=O) groups is 4. The summed E-state index contributed by atoms with van der Waals surface area (Å²) in [4.78, 5) is 53.4. The average molecular weight is 545 g/mol. The number of ketones is 1. The van der Waals surface area contributed by atoms with Crippen molar-refractivity contribution >= 4 is 40.6 Å². The van der Waals surface area contributed by atoms with Gasteiger partial charge in [-0.15, -0.1) is 0 Å². The molecule has 0 spiro atoms. The van der Waals surface area contributed by atoms with Gasteiger partial charge >= 0.3 is 0 Å². The van der Waals surface area contributed by atoms with Crippen LogP contribution in [0.4, 0.5) is 21.5 Å². The van der Waals surface area contributed by atoms with Crippen molar-refractivity contribution < 1.29 is 23.6 Å². The van der Waals surface area contributed by atoms with Crippen LogP contribution in [-0.4, -0.2) is 54.6 Å². The normalized spacial score (nSPS) is 13.9. The number of piperidine rings is 1. The predicted molar refractivity (Wildman–Crippen MR) is 153 cm³/mol. The molecule has 9 heteroatoms. The standard InChI is InChI=1S/C31H33FN4O4/c1-21(37)33-27-12-8-25(9-13-27)31(40)36(29-5-3-4-28(20-29)34-22(2)38)19-18-35-16-14-24(15-17-35)30(39)23-6-10-26(32)11-7-23/h3-13,20,24H,14-19H2,1-2H3,(H,33,37)(H,34,38). The molecular weight excluding hydrogens is 511 g/mol. The van der Waals surface area contributed by atoms with Crippen molar-refractivity contribution in [3.05, 3.63) is 89.7 Å². The first-order chi connectivity index (χ1) is 19.2. The third-order valence-electron chi connectivity index (χ3n) is 6.90. The predicted octanol–water partition coefficient (Wildman–Crippen LogP) is 4.98. The summed E-state index contributed by atoms with van der Waals surface area (Å²) in [6.07, 6.45) is 1.37. The molecule has 1 saturated heterocycles. The van der Waals surface area contributed by atoms with E-state index in [-0.39, 0.29) is 35.2 Å². The number of halogens is 1. The molecule has 0 radical (unpaired) electrons. The second-order valence-electron chi connectivity index (χ2n) is 9.93. The Hall–Kier alpha value is -4.37. The number of rotatable bonds is 9. The van der Waals surface area contributed by atoms with Gasteiger partial charge in [0.25, 0.3) is 5.91 Å². The lowest BCUT2D eigenvalue weighted by atomic mass is 9.89. The molecule has 0 saturated carbocycles. The van der Waals surface area contributed by atoms with E-state index in [0.29, 0.717) is 67.2 Å². The number of nitrogens with zero attached hydrogens (tertiary/aromatic N) is 2. The third kappa shape index (κ3) is 7.60.